The second-order valence-electron chi connectivity index (χ2n) is 5.10. The van der Waals surface area contributed by atoms with Gasteiger partial charge in [-0.15, -0.1) is 0 Å². The lowest BCUT2D eigenvalue weighted by Gasteiger charge is -2.29. The van der Waals surface area contributed by atoms with Gasteiger partial charge in [0, 0.05) is 17.1 Å². The van der Waals surface area contributed by atoms with Crippen LogP contribution in [0.15, 0.2) is 18.2 Å². The quantitative estimate of drug-likeness (QED) is 0.861. The number of hydrogen-bond donors (Lipinski definition) is 0. The highest BCUT2D eigenvalue weighted by Gasteiger charge is 2.35. The van der Waals surface area contributed by atoms with Crippen LogP contribution in [0.5, 0.6) is 0 Å². The molecule has 0 bridgehead atoms. The number of amides is 1. The summed E-state index contributed by atoms with van der Waals surface area (Å²) in [5.74, 6) is 0.104. The first-order valence-corrected chi connectivity index (χ1v) is 8.82. The molecule has 1 fully saturated rings. The number of halogens is 1. The van der Waals surface area contributed by atoms with Gasteiger partial charge in [0.1, 0.15) is 0 Å². The van der Waals surface area contributed by atoms with Gasteiger partial charge in [0.05, 0.1) is 17.5 Å². The summed E-state index contributed by atoms with van der Waals surface area (Å²) >= 11 is 6.02. The number of benzene rings is 1. The summed E-state index contributed by atoms with van der Waals surface area (Å²) in [6, 6.07) is 5.05. The Hall–Kier alpha value is -1.07. The van der Waals surface area contributed by atoms with Crippen LogP contribution in [0.1, 0.15) is 25.3 Å². The summed E-state index contributed by atoms with van der Waals surface area (Å²) in [7, 11) is -3.04. The van der Waals surface area contributed by atoms with Gasteiger partial charge in [-0.05, 0) is 31.0 Å². The lowest BCUT2D eigenvalue weighted by molar-refractivity contribution is -0.118. The fourth-order valence-electron chi connectivity index (χ4n) is 2.53. The largest absolute Gasteiger partial charge is 0.308 e. The first-order valence-electron chi connectivity index (χ1n) is 6.62. The Balaban J connectivity index is 2.43. The molecule has 20 heavy (non-hydrogen) atoms. The Morgan fingerprint density at radius 3 is 2.70 bits per heavy atom. The van der Waals surface area contributed by atoms with Crippen LogP contribution in [-0.2, 0) is 14.6 Å². The van der Waals surface area contributed by atoms with Crippen LogP contribution in [-0.4, -0.2) is 31.9 Å². The van der Waals surface area contributed by atoms with E-state index in [-0.39, 0.29) is 23.5 Å². The van der Waals surface area contributed by atoms with Gasteiger partial charge >= 0.3 is 0 Å². The van der Waals surface area contributed by atoms with Gasteiger partial charge in [0.15, 0.2) is 9.84 Å². The SMILES string of the molecule is CCC(=O)N(c1cc(Cl)ccc1C)C1CCS(=O)(=O)C1. The van der Waals surface area contributed by atoms with E-state index in [0.29, 0.717) is 23.6 Å². The molecular formula is C14H18ClNO3S. The normalized spacial score (nSPS) is 20.9. The van der Waals surface area contributed by atoms with Crippen LogP contribution < -0.4 is 4.90 Å². The summed E-state index contributed by atoms with van der Waals surface area (Å²) < 4.78 is 23.4. The predicted octanol–water partition coefficient (Wildman–Crippen LogP) is 2.58. The molecule has 0 radical (unpaired) electrons. The molecule has 1 unspecified atom stereocenters. The summed E-state index contributed by atoms with van der Waals surface area (Å²) in [6.45, 7) is 3.67. The Morgan fingerprint density at radius 1 is 1.45 bits per heavy atom. The smallest absolute Gasteiger partial charge is 0.226 e. The van der Waals surface area contributed by atoms with E-state index in [1.807, 2.05) is 13.0 Å². The number of hydrogen-bond acceptors (Lipinski definition) is 3. The number of carbonyl (C=O) groups excluding carboxylic acids is 1. The van der Waals surface area contributed by atoms with Crippen molar-refractivity contribution in [1.82, 2.24) is 0 Å². The number of carbonyl (C=O) groups is 1. The molecule has 110 valence electrons. The van der Waals surface area contributed by atoms with E-state index in [2.05, 4.69) is 0 Å². The molecule has 1 aromatic rings. The van der Waals surface area contributed by atoms with E-state index < -0.39 is 9.84 Å². The molecule has 0 aromatic heterocycles. The molecule has 4 nitrogen and oxygen atoms in total. The standard InChI is InChI=1S/C14H18ClNO3S/c1-3-14(17)16(12-6-7-20(18,19)9-12)13-8-11(15)5-4-10(13)2/h4-5,8,12H,3,6-7,9H2,1-2H3. The number of nitrogens with zero attached hydrogens (tertiary/aromatic N) is 1. The van der Waals surface area contributed by atoms with Crippen LogP contribution in [0.3, 0.4) is 0 Å². The first-order chi connectivity index (χ1) is 9.34. The molecule has 2 rings (SSSR count). The topological polar surface area (TPSA) is 54.5 Å². The van der Waals surface area contributed by atoms with Crippen LogP contribution in [0.25, 0.3) is 0 Å². The maximum absolute atomic E-state index is 12.3. The Morgan fingerprint density at radius 2 is 2.15 bits per heavy atom. The van der Waals surface area contributed by atoms with Gasteiger partial charge in [0.25, 0.3) is 0 Å². The molecule has 1 saturated heterocycles. The molecule has 1 aromatic carbocycles. The van der Waals surface area contributed by atoms with Crippen molar-refractivity contribution in [2.45, 2.75) is 32.7 Å². The highest BCUT2D eigenvalue weighted by Crippen LogP contribution is 2.30. The second-order valence-corrected chi connectivity index (χ2v) is 7.77. The second kappa shape index (κ2) is 5.74. The Labute approximate surface area is 124 Å². The van der Waals surface area contributed by atoms with Gasteiger partial charge < -0.3 is 4.90 Å². The van der Waals surface area contributed by atoms with Gasteiger partial charge in [-0.25, -0.2) is 8.42 Å². The van der Waals surface area contributed by atoms with E-state index in [4.69, 9.17) is 11.6 Å². The number of rotatable bonds is 3. The summed E-state index contributed by atoms with van der Waals surface area (Å²) in [5, 5.41) is 0.542. The predicted molar refractivity (Wildman–Crippen MR) is 81.0 cm³/mol. The highest BCUT2D eigenvalue weighted by atomic mass is 35.5. The van der Waals surface area contributed by atoms with E-state index in [0.717, 1.165) is 5.56 Å². The molecule has 6 heteroatoms. The van der Waals surface area contributed by atoms with E-state index >= 15 is 0 Å². The minimum Gasteiger partial charge on any atom is -0.308 e. The molecule has 0 aliphatic carbocycles. The van der Waals surface area contributed by atoms with Crippen molar-refractivity contribution in [1.29, 1.82) is 0 Å². The lowest BCUT2D eigenvalue weighted by atomic mass is 10.1. The Kier molecular flexibility index (Phi) is 4.39. The number of aryl methyl sites for hydroxylation is 1. The Bertz CT molecular complexity index is 627. The van der Waals surface area contributed by atoms with Crippen molar-refractivity contribution in [2.24, 2.45) is 0 Å². The molecular weight excluding hydrogens is 298 g/mol. The number of anilines is 1. The zero-order chi connectivity index (χ0) is 14.9. The summed E-state index contributed by atoms with van der Waals surface area (Å²) in [6.07, 6.45) is 0.822. The lowest BCUT2D eigenvalue weighted by Crippen LogP contribution is -2.41. The van der Waals surface area contributed by atoms with Crippen molar-refractivity contribution in [3.8, 4) is 0 Å². The van der Waals surface area contributed by atoms with E-state index in [1.54, 1.807) is 24.0 Å². The van der Waals surface area contributed by atoms with Crippen LogP contribution in [0, 0.1) is 6.92 Å². The van der Waals surface area contributed by atoms with Crippen molar-refractivity contribution < 1.29 is 13.2 Å². The highest BCUT2D eigenvalue weighted by molar-refractivity contribution is 7.91. The molecule has 1 aliphatic heterocycles. The molecule has 0 spiro atoms. The fourth-order valence-corrected chi connectivity index (χ4v) is 4.39. The third-order valence-electron chi connectivity index (χ3n) is 3.58. The third kappa shape index (κ3) is 3.15. The monoisotopic (exact) mass is 315 g/mol. The first kappa shape index (κ1) is 15.3. The van der Waals surface area contributed by atoms with Crippen molar-refractivity contribution in [2.75, 3.05) is 16.4 Å². The van der Waals surface area contributed by atoms with Crippen molar-refractivity contribution >= 4 is 33.0 Å². The summed E-state index contributed by atoms with van der Waals surface area (Å²) in [4.78, 5) is 13.9. The minimum atomic E-state index is -3.04. The van der Waals surface area contributed by atoms with Crippen molar-refractivity contribution in [3.63, 3.8) is 0 Å². The van der Waals surface area contributed by atoms with E-state index in [9.17, 15) is 13.2 Å². The fraction of sp³-hybridized carbons (Fsp3) is 0.500. The molecule has 1 aliphatic rings. The van der Waals surface area contributed by atoms with Crippen LogP contribution in [0.4, 0.5) is 5.69 Å². The average Bonchev–Trinajstić information content (AvgIpc) is 2.74. The maximum Gasteiger partial charge on any atom is 0.226 e. The zero-order valence-corrected chi connectivity index (χ0v) is 13.2. The molecule has 1 heterocycles. The third-order valence-corrected chi connectivity index (χ3v) is 5.56. The van der Waals surface area contributed by atoms with Gasteiger partial charge in [-0.2, -0.15) is 0 Å². The molecule has 0 saturated carbocycles. The molecule has 0 N–H and O–H groups in total. The summed E-state index contributed by atoms with van der Waals surface area (Å²) in [5.41, 5.74) is 1.63. The average molecular weight is 316 g/mol. The minimum absolute atomic E-state index is 0.0324. The van der Waals surface area contributed by atoms with Crippen molar-refractivity contribution in [3.05, 3.63) is 28.8 Å². The van der Waals surface area contributed by atoms with Crippen LogP contribution in [0.2, 0.25) is 5.02 Å². The maximum atomic E-state index is 12.3. The van der Waals surface area contributed by atoms with Gasteiger partial charge in [-0.3, -0.25) is 4.79 Å². The molecule has 1 amide bonds. The zero-order valence-electron chi connectivity index (χ0n) is 11.6. The van der Waals surface area contributed by atoms with E-state index in [1.165, 1.54) is 0 Å². The van der Waals surface area contributed by atoms with Gasteiger partial charge in [-0.1, -0.05) is 24.6 Å². The van der Waals surface area contributed by atoms with Crippen LogP contribution >= 0.6 is 11.6 Å². The molecule has 1 atom stereocenters. The number of sulfone groups is 1. The van der Waals surface area contributed by atoms with Gasteiger partial charge in [0.2, 0.25) is 5.91 Å².